The number of carbonyl (C=O) groups excluding carboxylic acids is 2. The normalized spacial score (nSPS) is 17.8. The Morgan fingerprint density at radius 2 is 2.20 bits per heavy atom. The summed E-state index contributed by atoms with van der Waals surface area (Å²) in [5.74, 6) is -0.0214. The number of anilines is 1. The van der Waals surface area contributed by atoms with Crippen LogP contribution in [0.15, 0.2) is 29.2 Å². The van der Waals surface area contributed by atoms with E-state index >= 15 is 0 Å². The van der Waals surface area contributed by atoms with Crippen LogP contribution in [-0.2, 0) is 9.59 Å². The number of nitrogens with two attached hydrogens (primary N) is 1. The van der Waals surface area contributed by atoms with Gasteiger partial charge in [-0.15, -0.1) is 11.8 Å². The highest BCUT2D eigenvalue weighted by Gasteiger charge is 2.30. The standard InChI is InChI=1S/C14H19N3O2S/c1-10-14(19)17(9-6-13(18)16-8-7-15)11-4-2-3-5-12(11)20-10/h2-5,10H,6-9,15H2,1H3,(H,16,18). The second-order valence-corrected chi connectivity index (χ2v) is 5.99. The summed E-state index contributed by atoms with van der Waals surface area (Å²) in [4.78, 5) is 26.7. The van der Waals surface area contributed by atoms with Crippen molar-refractivity contribution in [3.8, 4) is 0 Å². The molecule has 0 saturated heterocycles. The molecule has 1 atom stereocenters. The number of nitrogens with one attached hydrogen (secondary N) is 1. The Morgan fingerprint density at radius 1 is 1.45 bits per heavy atom. The lowest BCUT2D eigenvalue weighted by Crippen LogP contribution is -2.42. The van der Waals surface area contributed by atoms with Crippen LogP contribution in [0.1, 0.15) is 13.3 Å². The minimum atomic E-state index is -0.114. The van der Waals surface area contributed by atoms with Crippen molar-refractivity contribution in [1.29, 1.82) is 0 Å². The molecule has 1 aromatic rings. The number of carbonyl (C=O) groups is 2. The van der Waals surface area contributed by atoms with E-state index in [0.29, 0.717) is 19.6 Å². The highest BCUT2D eigenvalue weighted by molar-refractivity contribution is 8.00. The molecule has 2 rings (SSSR count). The van der Waals surface area contributed by atoms with Crippen molar-refractivity contribution in [2.45, 2.75) is 23.5 Å². The molecule has 1 heterocycles. The first-order valence-electron chi connectivity index (χ1n) is 6.67. The molecule has 0 spiro atoms. The summed E-state index contributed by atoms with van der Waals surface area (Å²) in [5, 5.41) is 2.60. The van der Waals surface area contributed by atoms with Gasteiger partial charge in [-0.2, -0.15) is 0 Å². The molecule has 0 fully saturated rings. The third-order valence-corrected chi connectivity index (χ3v) is 4.26. The van der Waals surface area contributed by atoms with Crippen molar-refractivity contribution in [3.05, 3.63) is 24.3 Å². The van der Waals surface area contributed by atoms with Gasteiger partial charge in [0.2, 0.25) is 11.8 Å². The van der Waals surface area contributed by atoms with Crippen molar-refractivity contribution in [2.75, 3.05) is 24.5 Å². The first-order valence-corrected chi connectivity index (χ1v) is 7.55. The summed E-state index contributed by atoms with van der Waals surface area (Å²) in [7, 11) is 0. The molecule has 2 amide bonds. The fourth-order valence-electron chi connectivity index (χ4n) is 2.10. The van der Waals surface area contributed by atoms with E-state index in [4.69, 9.17) is 5.73 Å². The van der Waals surface area contributed by atoms with Crippen LogP contribution in [0, 0.1) is 0 Å². The van der Waals surface area contributed by atoms with Crippen molar-refractivity contribution in [1.82, 2.24) is 5.32 Å². The Hall–Kier alpha value is -1.53. The van der Waals surface area contributed by atoms with E-state index < -0.39 is 0 Å². The molecule has 6 heteroatoms. The Morgan fingerprint density at radius 3 is 2.95 bits per heavy atom. The van der Waals surface area contributed by atoms with Crippen LogP contribution >= 0.6 is 11.8 Å². The zero-order valence-electron chi connectivity index (χ0n) is 11.5. The molecular formula is C14H19N3O2S. The van der Waals surface area contributed by atoms with Gasteiger partial charge in [-0.25, -0.2) is 0 Å². The predicted octanol–water partition coefficient (Wildman–Crippen LogP) is 0.979. The van der Waals surface area contributed by atoms with Crippen LogP contribution in [0.3, 0.4) is 0 Å². The molecule has 0 radical (unpaired) electrons. The first kappa shape index (κ1) is 14.9. The lowest BCUT2D eigenvalue weighted by molar-refractivity contribution is -0.121. The maximum Gasteiger partial charge on any atom is 0.240 e. The van der Waals surface area contributed by atoms with Gasteiger partial charge in [0.1, 0.15) is 0 Å². The van der Waals surface area contributed by atoms with Gasteiger partial charge in [0, 0.05) is 31.0 Å². The molecule has 1 aliphatic heterocycles. The number of hydrogen-bond acceptors (Lipinski definition) is 4. The van der Waals surface area contributed by atoms with Gasteiger partial charge in [0.05, 0.1) is 10.9 Å². The second-order valence-electron chi connectivity index (χ2n) is 4.61. The second kappa shape index (κ2) is 6.76. The zero-order valence-corrected chi connectivity index (χ0v) is 12.3. The molecule has 0 aromatic heterocycles. The molecule has 1 unspecified atom stereocenters. The number of rotatable bonds is 5. The van der Waals surface area contributed by atoms with Gasteiger partial charge in [0.15, 0.2) is 0 Å². The van der Waals surface area contributed by atoms with Gasteiger partial charge in [-0.05, 0) is 19.1 Å². The molecular weight excluding hydrogens is 274 g/mol. The van der Waals surface area contributed by atoms with Crippen LogP contribution < -0.4 is 16.0 Å². The monoisotopic (exact) mass is 293 g/mol. The molecule has 5 nitrogen and oxygen atoms in total. The van der Waals surface area contributed by atoms with Crippen molar-refractivity contribution in [2.24, 2.45) is 5.73 Å². The van der Waals surface area contributed by atoms with Crippen molar-refractivity contribution < 1.29 is 9.59 Å². The number of nitrogens with zero attached hydrogens (tertiary/aromatic N) is 1. The maximum absolute atomic E-state index is 12.3. The fourth-order valence-corrected chi connectivity index (χ4v) is 3.17. The number of fused-ring (bicyclic) bond motifs is 1. The summed E-state index contributed by atoms with van der Waals surface area (Å²) in [6.45, 7) is 3.18. The van der Waals surface area contributed by atoms with E-state index in [2.05, 4.69) is 5.32 Å². The van der Waals surface area contributed by atoms with Gasteiger partial charge in [-0.3, -0.25) is 9.59 Å². The largest absolute Gasteiger partial charge is 0.355 e. The van der Waals surface area contributed by atoms with E-state index in [9.17, 15) is 9.59 Å². The average Bonchev–Trinajstić information content (AvgIpc) is 2.45. The molecule has 108 valence electrons. The molecule has 0 aliphatic carbocycles. The summed E-state index contributed by atoms with van der Waals surface area (Å²) < 4.78 is 0. The zero-order chi connectivity index (χ0) is 14.5. The number of benzene rings is 1. The van der Waals surface area contributed by atoms with E-state index in [1.807, 2.05) is 31.2 Å². The van der Waals surface area contributed by atoms with Crippen LogP contribution in [0.25, 0.3) is 0 Å². The third-order valence-electron chi connectivity index (χ3n) is 3.10. The Balaban J connectivity index is 2.06. The van der Waals surface area contributed by atoms with Gasteiger partial charge < -0.3 is 16.0 Å². The van der Waals surface area contributed by atoms with Crippen LogP contribution in [0.2, 0.25) is 0 Å². The van der Waals surface area contributed by atoms with E-state index in [-0.39, 0.29) is 23.5 Å². The molecule has 1 aliphatic rings. The highest BCUT2D eigenvalue weighted by Crippen LogP contribution is 2.38. The molecule has 0 saturated carbocycles. The summed E-state index contributed by atoms with van der Waals surface area (Å²) >= 11 is 1.56. The predicted molar refractivity (Wildman–Crippen MR) is 80.8 cm³/mol. The molecule has 3 N–H and O–H groups in total. The van der Waals surface area contributed by atoms with E-state index in [1.165, 1.54) is 0 Å². The third kappa shape index (κ3) is 3.32. The highest BCUT2D eigenvalue weighted by atomic mass is 32.2. The maximum atomic E-state index is 12.3. The number of hydrogen-bond donors (Lipinski definition) is 2. The topological polar surface area (TPSA) is 75.4 Å². The quantitative estimate of drug-likeness (QED) is 0.848. The average molecular weight is 293 g/mol. The molecule has 20 heavy (non-hydrogen) atoms. The fraction of sp³-hybridized carbons (Fsp3) is 0.429. The summed E-state index contributed by atoms with van der Waals surface area (Å²) in [6, 6.07) is 7.79. The van der Waals surface area contributed by atoms with E-state index in [0.717, 1.165) is 10.6 Å². The first-order chi connectivity index (χ1) is 9.63. The number of thioether (sulfide) groups is 1. The smallest absolute Gasteiger partial charge is 0.240 e. The van der Waals surface area contributed by atoms with Crippen LogP contribution in [0.4, 0.5) is 5.69 Å². The Bertz CT molecular complexity index is 507. The summed E-state index contributed by atoms with van der Waals surface area (Å²) in [6.07, 6.45) is 0.289. The number of amides is 2. The van der Waals surface area contributed by atoms with E-state index in [1.54, 1.807) is 16.7 Å². The minimum absolute atomic E-state index is 0.0559. The summed E-state index contributed by atoms with van der Waals surface area (Å²) in [5.41, 5.74) is 6.23. The molecule has 1 aromatic carbocycles. The SMILES string of the molecule is CC1Sc2ccccc2N(CCC(=O)NCCN)C1=O. The van der Waals surface area contributed by atoms with Crippen LogP contribution in [-0.4, -0.2) is 36.7 Å². The Labute approximate surface area is 122 Å². The lowest BCUT2D eigenvalue weighted by Gasteiger charge is -2.32. The minimum Gasteiger partial charge on any atom is -0.355 e. The van der Waals surface area contributed by atoms with Crippen molar-refractivity contribution in [3.63, 3.8) is 0 Å². The van der Waals surface area contributed by atoms with Gasteiger partial charge >= 0.3 is 0 Å². The van der Waals surface area contributed by atoms with Gasteiger partial charge in [-0.1, -0.05) is 12.1 Å². The number of para-hydroxylation sites is 1. The van der Waals surface area contributed by atoms with Gasteiger partial charge in [0.25, 0.3) is 0 Å². The molecule has 0 bridgehead atoms. The lowest BCUT2D eigenvalue weighted by atomic mass is 10.2. The Kier molecular flexibility index (Phi) is 5.03. The van der Waals surface area contributed by atoms with Crippen molar-refractivity contribution >= 4 is 29.3 Å². The van der Waals surface area contributed by atoms with Crippen LogP contribution in [0.5, 0.6) is 0 Å².